The lowest BCUT2D eigenvalue weighted by Gasteiger charge is -2.03. The van der Waals surface area contributed by atoms with Gasteiger partial charge in [0.05, 0.1) is 12.0 Å². The van der Waals surface area contributed by atoms with Gasteiger partial charge in [0.25, 0.3) is 11.6 Å². The molecule has 1 amide bonds. The van der Waals surface area contributed by atoms with Gasteiger partial charge < -0.3 is 15.6 Å². The van der Waals surface area contributed by atoms with Crippen molar-refractivity contribution < 1.29 is 19.6 Å². The van der Waals surface area contributed by atoms with Crippen LogP contribution in [-0.4, -0.2) is 23.0 Å². The van der Waals surface area contributed by atoms with E-state index in [2.05, 4.69) is 10.2 Å². The lowest BCUT2D eigenvalue weighted by Crippen LogP contribution is -2.13. The van der Waals surface area contributed by atoms with Crippen LogP contribution in [0.15, 0.2) is 39.9 Å². The Morgan fingerprint density at radius 2 is 2.15 bits per heavy atom. The number of carbonyl (C=O) groups excluding carboxylic acids is 1. The van der Waals surface area contributed by atoms with Crippen LogP contribution >= 0.6 is 0 Å². The Balaban J connectivity index is 3.25. The van der Waals surface area contributed by atoms with Crippen molar-refractivity contribution in [1.29, 1.82) is 0 Å². The molecule has 20 heavy (non-hydrogen) atoms. The van der Waals surface area contributed by atoms with Crippen LogP contribution < -0.4 is 10.5 Å². The Kier molecular flexibility index (Phi) is 4.73. The van der Waals surface area contributed by atoms with Gasteiger partial charge in [-0.1, -0.05) is 0 Å². The standard InChI is InChI=1S/C11H12N4O5/c1-6(16)10(11(12)17)14-13-8-5-7(15(18)19)3-4-9(8)20-2/h3-5,16H,1-2H3,(H2,12,17). The molecule has 106 valence electrons. The number of nitrogens with zero attached hydrogens (tertiary/aromatic N) is 3. The Hall–Kier alpha value is -2.97. The first kappa shape index (κ1) is 15.1. The fraction of sp³-hybridized carbons (Fsp3) is 0.182. The maximum absolute atomic E-state index is 11.0. The van der Waals surface area contributed by atoms with E-state index < -0.39 is 22.3 Å². The molecule has 0 heterocycles. The molecule has 0 aliphatic heterocycles. The van der Waals surface area contributed by atoms with Gasteiger partial charge in [-0.2, -0.15) is 0 Å². The van der Waals surface area contributed by atoms with E-state index in [0.29, 0.717) is 0 Å². The normalized spacial score (nSPS) is 12.1. The second-order valence-electron chi connectivity index (χ2n) is 3.61. The van der Waals surface area contributed by atoms with Crippen LogP contribution in [0.3, 0.4) is 0 Å². The van der Waals surface area contributed by atoms with Crippen molar-refractivity contribution in [3.05, 3.63) is 39.8 Å². The first-order valence-corrected chi connectivity index (χ1v) is 5.30. The van der Waals surface area contributed by atoms with Gasteiger partial charge in [0.2, 0.25) is 0 Å². The SMILES string of the molecule is COc1ccc([N+](=O)[O-])cc1N=NC(C(N)=O)=C(C)O. The topological polar surface area (TPSA) is 140 Å². The van der Waals surface area contributed by atoms with Gasteiger partial charge in [-0.05, 0) is 13.0 Å². The number of non-ortho nitro benzene ring substituents is 1. The summed E-state index contributed by atoms with van der Waals surface area (Å²) in [6.45, 7) is 1.21. The van der Waals surface area contributed by atoms with Crippen molar-refractivity contribution in [2.24, 2.45) is 16.0 Å². The molecule has 0 aliphatic carbocycles. The lowest BCUT2D eigenvalue weighted by atomic mass is 10.2. The monoisotopic (exact) mass is 280 g/mol. The van der Waals surface area contributed by atoms with Gasteiger partial charge >= 0.3 is 0 Å². The molecule has 0 fully saturated rings. The third kappa shape index (κ3) is 3.51. The lowest BCUT2D eigenvalue weighted by molar-refractivity contribution is -0.384. The van der Waals surface area contributed by atoms with Gasteiger partial charge in [-0.25, -0.2) is 0 Å². The molecule has 1 rings (SSSR count). The summed E-state index contributed by atoms with van der Waals surface area (Å²) in [5.41, 5.74) is 4.37. The van der Waals surface area contributed by atoms with Gasteiger partial charge in [0, 0.05) is 12.1 Å². The van der Waals surface area contributed by atoms with Crippen molar-refractivity contribution in [1.82, 2.24) is 0 Å². The number of nitro groups is 1. The van der Waals surface area contributed by atoms with E-state index in [1.165, 1.54) is 26.2 Å². The number of ether oxygens (including phenoxy) is 1. The van der Waals surface area contributed by atoms with Crippen LogP contribution in [0.4, 0.5) is 11.4 Å². The largest absolute Gasteiger partial charge is 0.510 e. The average Bonchev–Trinajstić information content (AvgIpc) is 2.37. The van der Waals surface area contributed by atoms with Crippen LogP contribution in [0.5, 0.6) is 5.75 Å². The van der Waals surface area contributed by atoms with Crippen molar-refractivity contribution >= 4 is 17.3 Å². The van der Waals surface area contributed by atoms with Crippen LogP contribution in [0.25, 0.3) is 0 Å². The van der Waals surface area contributed by atoms with Crippen molar-refractivity contribution in [3.8, 4) is 5.75 Å². The molecule has 0 aromatic heterocycles. The minimum Gasteiger partial charge on any atom is -0.510 e. The third-order valence-corrected chi connectivity index (χ3v) is 2.21. The number of azo groups is 1. The summed E-state index contributed by atoms with van der Waals surface area (Å²) in [6, 6.07) is 3.69. The molecule has 9 nitrogen and oxygen atoms in total. The minimum absolute atomic E-state index is 0.0294. The summed E-state index contributed by atoms with van der Waals surface area (Å²) < 4.78 is 4.96. The van der Waals surface area contributed by atoms with E-state index in [1.54, 1.807) is 0 Å². The summed E-state index contributed by atoms with van der Waals surface area (Å²) in [6.07, 6.45) is 0. The molecule has 0 saturated carbocycles. The fourth-order valence-electron chi connectivity index (χ4n) is 1.27. The fourth-order valence-corrected chi connectivity index (χ4v) is 1.27. The van der Waals surface area contributed by atoms with E-state index in [0.717, 1.165) is 6.07 Å². The maximum atomic E-state index is 11.0. The first-order chi connectivity index (χ1) is 9.36. The molecule has 0 unspecified atom stereocenters. The van der Waals surface area contributed by atoms with Crippen molar-refractivity contribution in [2.45, 2.75) is 6.92 Å². The predicted molar refractivity (Wildman–Crippen MR) is 68.7 cm³/mol. The van der Waals surface area contributed by atoms with Crippen molar-refractivity contribution in [3.63, 3.8) is 0 Å². The van der Waals surface area contributed by atoms with E-state index in [-0.39, 0.29) is 17.1 Å². The molecule has 1 aromatic rings. The van der Waals surface area contributed by atoms with Gasteiger partial charge in [-0.15, -0.1) is 10.2 Å². The number of hydrogen-bond donors (Lipinski definition) is 2. The molecule has 0 bridgehead atoms. The number of methoxy groups -OCH3 is 1. The quantitative estimate of drug-likeness (QED) is 0.279. The number of nitrogens with two attached hydrogens (primary N) is 1. The van der Waals surface area contributed by atoms with E-state index in [1.807, 2.05) is 0 Å². The molecule has 0 radical (unpaired) electrons. The number of rotatable bonds is 5. The molecule has 9 heteroatoms. The van der Waals surface area contributed by atoms with Crippen LogP contribution in [-0.2, 0) is 4.79 Å². The summed E-state index contributed by atoms with van der Waals surface area (Å²) in [7, 11) is 1.35. The molecule has 0 spiro atoms. The zero-order chi connectivity index (χ0) is 15.3. The van der Waals surface area contributed by atoms with Gasteiger partial charge in [0.1, 0.15) is 17.2 Å². The molecule has 0 aliphatic rings. The number of aliphatic hydroxyl groups is 1. The molecular weight excluding hydrogens is 268 g/mol. The number of aliphatic hydroxyl groups excluding tert-OH is 1. The Bertz CT molecular complexity index is 605. The number of hydrogen-bond acceptors (Lipinski definition) is 7. The van der Waals surface area contributed by atoms with Crippen LogP contribution in [0, 0.1) is 10.1 Å². The molecular formula is C11H12N4O5. The van der Waals surface area contributed by atoms with Crippen molar-refractivity contribution in [2.75, 3.05) is 7.11 Å². The van der Waals surface area contributed by atoms with Gasteiger partial charge in [0.15, 0.2) is 5.70 Å². The van der Waals surface area contributed by atoms with Crippen LogP contribution in [0.1, 0.15) is 6.92 Å². The average molecular weight is 280 g/mol. The number of benzene rings is 1. The zero-order valence-corrected chi connectivity index (χ0v) is 10.7. The predicted octanol–water partition coefficient (Wildman–Crippen LogP) is 1.96. The van der Waals surface area contributed by atoms with E-state index in [9.17, 15) is 20.0 Å². The Labute approximate surface area is 113 Å². The summed E-state index contributed by atoms with van der Waals surface area (Å²) in [5, 5.41) is 27.0. The second kappa shape index (κ2) is 6.27. The molecule has 3 N–H and O–H groups in total. The van der Waals surface area contributed by atoms with E-state index >= 15 is 0 Å². The number of allylic oxidation sites excluding steroid dienone is 1. The Morgan fingerprint density at radius 1 is 1.50 bits per heavy atom. The second-order valence-corrected chi connectivity index (χ2v) is 3.61. The number of carbonyl (C=O) groups is 1. The number of nitro benzene ring substituents is 1. The number of primary amides is 1. The summed E-state index contributed by atoms with van der Waals surface area (Å²) >= 11 is 0. The third-order valence-electron chi connectivity index (χ3n) is 2.21. The molecule has 0 saturated heterocycles. The smallest absolute Gasteiger partial charge is 0.272 e. The van der Waals surface area contributed by atoms with Crippen LogP contribution in [0.2, 0.25) is 0 Å². The number of amides is 1. The highest BCUT2D eigenvalue weighted by Crippen LogP contribution is 2.32. The Morgan fingerprint density at radius 3 is 2.60 bits per heavy atom. The zero-order valence-electron chi connectivity index (χ0n) is 10.7. The molecule has 1 aromatic carbocycles. The first-order valence-electron chi connectivity index (χ1n) is 5.30. The summed E-state index contributed by atoms with van der Waals surface area (Å²) in [4.78, 5) is 21.1. The highest BCUT2D eigenvalue weighted by molar-refractivity contribution is 5.91. The van der Waals surface area contributed by atoms with E-state index in [4.69, 9.17) is 10.5 Å². The highest BCUT2D eigenvalue weighted by atomic mass is 16.6. The summed E-state index contributed by atoms with van der Waals surface area (Å²) in [5.74, 6) is -1.16. The van der Waals surface area contributed by atoms with Gasteiger partial charge in [-0.3, -0.25) is 14.9 Å². The maximum Gasteiger partial charge on any atom is 0.272 e. The minimum atomic E-state index is -0.974. The highest BCUT2D eigenvalue weighted by Gasteiger charge is 2.13. The molecule has 0 atom stereocenters.